The maximum absolute atomic E-state index is 12.6. The molecule has 2 amide bonds. The van der Waals surface area contributed by atoms with E-state index in [4.69, 9.17) is 4.74 Å². The van der Waals surface area contributed by atoms with Gasteiger partial charge in [-0.25, -0.2) is 4.98 Å². The van der Waals surface area contributed by atoms with Crippen LogP contribution in [-0.4, -0.2) is 52.8 Å². The Balaban J connectivity index is 1.68. The summed E-state index contributed by atoms with van der Waals surface area (Å²) in [6.07, 6.45) is 0.531. The van der Waals surface area contributed by atoms with Crippen LogP contribution in [0.4, 0.5) is 11.6 Å². The lowest BCUT2D eigenvalue weighted by molar-refractivity contribution is -0.125. The Morgan fingerprint density at radius 3 is 2.79 bits per heavy atom. The van der Waals surface area contributed by atoms with E-state index in [1.54, 1.807) is 29.2 Å². The lowest BCUT2D eigenvalue weighted by Crippen LogP contribution is -2.41. The van der Waals surface area contributed by atoms with E-state index < -0.39 is 0 Å². The molecule has 1 saturated heterocycles. The maximum Gasteiger partial charge on any atom is 0.257 e. The van der Waals surface area contributed by atoms with Crippen LogP contribution >= 0.6 is 0 Å². The van der Waals surface area contributed by atoms with Gasteiger partial charge in [0.15, 0.2) is 0 Å². The van der Waals surface area contributed by atoms with Crippen molar-refractivity contribution in [2.45, 2.75) is 13.0 Å². The maximum atomic E-state index is 12.6. The van der Waals surface area contributed by atoms with E-state index in [0.29, 0.717) is 43.1 Å². The number of ether oxygens (including phenoxy) is 1. The van der Waals surface area contributed by atoms with Gasteiger partial charge in [0.05, 0.1) is 17.6 Å². The lowest BCUT2D eigenvalue weighted by Gasteiger charge is -2.26. The molecule has 0 bridgehead atoms. The number of nitrogens with zero attached hydrogens (tertiary/aromatic N) is 3. The van der Waals surface area contributed by atoms with Gasteiger partial charge < -0.3 is 19.3 Å². The number of aromatic nitrogens is 2. The van der Waals surface area contributed by atoms with Crippen LogP contribution in [0.2, 0.25) is 0 Å². The molecule has 0 atom stereocenters. The van der Waals surface area contributed by atoms with Gasteiger partial charge in [-0.05, 0) is 36.8 Å². The van der Waals surface area contributed by atoms with E-state index in [0.717, 1.165) is 11.2 Å². The highest BCUT2D eigenvalue weighted by Crippen LogP contribution is 2.26. The molecule has 4 rings (SSSR count). The molecule has 2 N–H and O–H groups in total. The predicted octanol–water partition coefficient (Wildman–Crippen LogP) is 2.03. The zero-order valence-electron chi connectivity index (χ0n) is 15.9. The van der Waals surface area contributed by atoms with Gasteiger partial charge in [0.2, 0.25) is 5.95 Å². The third kappa shape index (κ3) is 3.98. The van der Waals surface area contributed by atoms with Gasteiger partial charge >= 0.3 is 0 Å². The first kappa shape index (κ1) is 19.1. The van der Waals surface area contributed by atoms with Crippen LogP contribution in [0.25, 0.3) is 11.0 Å². The number of benzene rings is 2. The van der Waals surface area contributed by atoms with Crippen LogP contribution in [0.15, 0.2) is 48.5 Å². The first-order chi connectivity index (χ1) is 14.2. The molecular formula is C21H22N4O4. The molecule has 0 radical (unpaired) electrons. The number of aliphatic hydroxyl groups excluding tert-OH is 1. The molecule has 1 aliphatic rings. The molecule has 0 spiro atoms. The number of carbonyl (C=O) groups excluding carboxylic acids is 2. The van der Waals surface area contributed by atoms with Crippen LogP contribution < -0.4 is 10.2 Å². The summed E-state index contributed by atoms with van der Waals surface area (Å²) in [7, 11) is 0. The number of fused-ring (bicyclic) bond motifs is 1. The van der Waals surface area contributed by atoms with Crippen molar-refractivity contribution >= 4 is 34.5 Å². The standard InChI is InChI=1S/C21H22N4O4/c26-11-4-9-25-18-8-7-16(24-10-12-29-14-19(24)27)13-17(18)22-21(25)23-20(28)15-5-2-1-3-6-15/h1-3,5-8,13,26H,4,9-12,14H2,(H,22,23,28). The summed E-state index contributed by atoms with van der Waals surface area (Å²) in [5.74, 6) is 0.0652. The summed E-state index contributed by atoms with van der Waals surface area (Å²) in [4.78, 5) is 31.0. The Kier molecular flexibility index (Phi) is 5.55. The Hall–Kier alpha value is -3.23. The Morgan fingerprint density at radius 1 is 1.21 bits per heavy atom. The Bertz CT molecular complexity index is 1030. The molecule has 2 heterocycles. The molecule has 8 nitrogen and oxygen atoms in total. The molecule has 29 heavy (non-hydrogen) atoms. The number of anilines is 2. The summed E-state index contributed by atoms with van der Waals surface area (Å²) < 4.78 is 7.06. The second kappa shape index (κ2) is 8.42. The zero-order valence-corrected chi connectivity index (χ0v) is 15.9. The average Bonchev–Trinajstić information content (AvgIpc) is 3.09. The number of morpholine rings is 1. The summed E-state index contributed by atoms with van der Waals surface area (Å²) in [6.45, 7) is 1.60. The van der Waals surface area contributed by atoms with Gasteiger partial charge in [-0.1, -0.05) is 18.2 Å². The molecule has 0 aliphatic carbocycles. The topological polar surface area (TPSA) is 96.7 Å². The number of hydrogen-bond acceptors (Lipinski definition) is 5. The molecule has 0 unspecified atom stereocenters. The summed E-state index contributed by atoms with van der Waals surface area (Å²) in [5, 5.41) is 12.1. The summed E-state index contributed by atoms with van der Waals surface area (Å²) in [5.41, 5.74) is 2.78. The fourth-order valence-electron chi connectivity index (χ4n) is 3.39. The van der Waals surface area contributed by atoms with Crippen molar-refractivity contribution in [2.24, 2.45) is 0 Å². The number of aryl methyl sites for hydroxylation is 1. The minimum absolute atomic E-state index is 0.0338. The first-order valence-electron chi connectivity index (χ1n) is 9.53. The minimum atomic E-state index is -0.255. The molecule has 150 valence electrons. The van der Waals surface area contributed by atoms with Crippen LogP contribution in [0, 0.1) is 0 Å². The van der Waals surface area contributed by atoms with Crippen molar-refractivity contribution in [3.8, 4) is 0 Å². The van der Waals surface area contributed by atoms with E-state index >= 15 is 0 Å². The second-order valence-electron chi connectivity index (χ2n) is 6.76. The van der Waals surface area contributed by atoms with Crippen molar-refractivity contribution in [2.75, 3.05) is 36.6 Å². The highest BCUT2D eigenvalue weighted by molar-refractivity contribution is 6.04. The Morgan fingerprint density at radius 2 is 2.03 bits per heavy atom. The second-order valence-corrected chi connectivity index (χ2v) is 6.76. The van der Waals surface area contributed by atoms with Gasteiger partial charge in [0, 0.05) is 30.9 Å². The zero-order chi connectivity index (χ0) is 20.2. The molecule has 3 aromatic rings. The fourth-order valence-corrected chi connectivity index (χ4v) is 3.39. The van der Waals surface area contributed by atoms with Gasteiger partial charge in [-0.3, -0.25) is 14.9 Å². The number of amides is 2. The van der Waals surface area contributed by atoms with E-state index in [1.165, 1.54) is 0 Å². The number of nitrogens with one attached hydrogen (secondary N) is 1. The monoisotopic (exact) mass is 394 g/mol. The van der Waals surface area contributed by atoms with Crippen LogP contribution in [-0.2, 0) is 16.1 Å². The highest BCUT2D eigenvalue weighted by Gasteiger charge is 2.22. The molecule has 8 heteroatoms. The van der Waals surface area contributed by atoms with Crippen LogP contribution in [0.3, 0.4) is 0 Å². The minimum Gasteiger partial charge on any atom is -0.396 e. The van der Waals surface area contributed by atoms with Crippen molar-refractivity contribution in [3.05, 3.63) is 54.1 Å². The van der Waals surface area contributed by atoms with Crippen LogP contribution in [0.1, 0.15) is 16.8 Å². The molecule has 2 aromatic carbocycles. The van der Waals surface area contributed by atoms with Gasteiger partial charge in [-0.15, -0.1) is 0 Å². The number of aliphatic hydroxyl groups is 1. The number of carbonyl (C=O) groups is 2. The third-order valence-corrected chi connectivity index (χ3v) is 4.83. The third-order valence-electron chi connectivity index (χ3n) is 4.83. The van der Waals surface area contributed by atoms with Crippen molar-refractivity contribution < 1.29 is 19.4 Å². The molecule has 0 saturated carbocycles. The molecule has 1 aliphatic heterocycles. The van der Waals surface area contributed by atoms with Crippen LogP contribution in [0.5, 0.6) is 0 Å². The molecule has 1 aromatic heterocycles. The summed E-state index contributed by atoms with van der Waals surface area (Å²) in [6, 6.07) is 14.5. The van der Waals surface area contributed by atoms with Crippen molar-refractivity contribution in [3.63, 3.8) is 0 Å². The van der Waals surface area contributed by atoms with E-state index in [-0.39, 0.29) is 25.0 Å². The molecular weight excluding hydrogens is 372 g/mol. The number of imidazole rings is 1. The SMILES string of the molecule is O=C(Nc1nc2cc(N3CCOCC3=O)ccc2n1CCCO)c1ccccc1. The van der Waals surface area contributed by atoms with E-state index in [2.05, 4.69) is 10.3 Å². The Labute approximate surface area is 167 Å². The van der Waals surface area contributed by atoms with Gasteiger partial charge in [-0.2, -0.15) is 0 Å². The van der Waals surface area contributed by atoms with Crippen molar-refractivity contribution in [1.82, 2.24) is 9.55 Å². The van der Waals surface area contributed by atoms with Gasteiger partial charge in [0.25, 0.3) is 11.8 Å². The van der Waals surface area contributed by atoms with Gasteiger partial charge in [0.1, 0.15) is 6.61 Å². The first-order valence-corrected chi connectivity index (χ1v) is 9.53. The number of hydrogen-bond donors (Lipinski definition) is 2. The fraction of sp³-hybridized carbons (Fsp3) is 0.286. The van der Waals surface area contributed by atoms with E-state index in [1.807, 2.05) is 28.8 Å². The quantitative estimate of drug-likeness (QED) is 0.667. The normalized spacial score (nSPS) is 14.4. The smallest absolute Gasteiger partial charge is 0.257 e. The van der Waals surface area contributed by atoms with E-state index in [9.17, 15) is 14.7 Å². The predicted molar refractivity (Wildman–Crippen MR) is 109 cm³/mol. The van der Waals surface area contributed by atoms with Crippen molar-refractivity contribution in [1.29, 1.82) is 0 Å². The molecule has 1 fully saturated rings. The largest absolute Gasteiger partial charge is 0.396 e. The average molecular weight is 394 g/mol. The lowest BCUT2D eigenvalue weighted by atomic mass is 10.2. The highest BCUT2D eigenvalue weighted by atomic mass is 16.5. The summed E-state index contributed by atoms with van der Waals surface area (Å²) >= 11 is 0. The number of rotatable bonds is 6.